The lowest BCUT2D eigenvalue weighted by atomic mass is 9.80. The Labute approximate surface area is 89.6 Å². The van der Waals surface area contributed by atoms with Crippen LogP contribution in [0.25, 0.3) is 0 Å². The van der Waals surface area contributed by atoms with Crippen LogP contribution in [0.15, 0.2) is 0 Å². The summed E-state index contributed by atoms with van der Waals surface area (Å²) in [4.78, 5) is 22.5. The molecule has 1 rings (SSSR count). The molecule has 1 fully saturated rings. The summed E-state index contributed by atoms with van der Waals surface area (Å²) in [6, 6.07) is 0. The summed E-state index contributed by atoms with van der Waals surface area (Å²) in [6.07, 6.45) is 4.85. The number of carbonyl (C=O) groups excluding carboxylic acids is 1. The van der Waals surface area contributed by atoms with Crippen molar-refractivity contribution in [3.8, 4) is 0 Å². The molecule has 1 N–H and O–H groups in total. The van der Waals surface area contributed by atoms with Gasteiger partial charge in [0.15, 0.2) is 5.92 Å². The number of rotatable bonds is 4. The summed E-state index contributed by atoms with van der Waals surface area (Å²) in [5, 5.41) is 9.02. The predicted molar refractivity (Wildman–Crippen MR) is 54.3 cm³/mol. The van der Waals surface area contributed by atoms with Gasteiger partial charge < -0.3 is 9.84 Å². The number of carboxylic acid groups (broad SMARTS) is 1. The van der Waals surface area contributed by atoms with Crippen molar-refractivity contribution in [2.24, 2.45) is 11.8 Å². The highest BCUT2D eigenvalue weighted by Crippen LogP contribution is 2.30. The largest absolute Gasteiger partial charge is 0.481 e. The molecule has 0 aromatic heterocycles. The topological polar surface area (TPSA) is 63.6 Å². The third kappa shape index (κ3) is 3.22. The molecular formula is C11H18O4. The predicted octanol–water partition coefficient (Wildman–Crippen LogP) is 1.83. The van der Waals surface area contributed by atoms with Gasteiger partial charge in [0.25, 0.3) is 0 Å². The van der Waals surface area contributed by atoms with Crippen LogP contribution in [-0.2, 0) is 14.3 Å². The molecule has 0 heterocycles. The molecule has 1 saturated carbocycles. The van der Waals surface area contributed by atoms with Gasteiger partial charge in [-0.25, -0.2) is 0 Å². The van der Waals surface area contributed by atoms with Crippen molar-refractivity contribution in [1.29, 1.82) is 0 Å². The van der Waals surface area contributed by atoms with Crippen molar-refractivity contribution >= 4 is 11.9 Å². The van der Waals surface area contributed by atoms with Gasteiger partial charge in [-0.15, -0.1) is 0 Å². The summed E-state index contributed by atoms with van der Waals surface area (Å²) in [6.45, 7) is 1.94. The molecule has 1 unspecified atom stereocenters. The van der Waals surface area contributed by atoms with E-state index in [4.69, 9.17) is 9.84 Å². The SMILES string of the molecule is CCOC(=O)C(C(=O)O)C1CCCCC1. The first-order chi connectivity index (χ1) is 7.16. The second-order valence-electron chi connectivity index (χ2n) is 3.97. The molecule has 4 nitrogen and oxygen atoms in total. The average Bonchev–Trinajstić information content (AvgIpc) is 2.19. The number of aliphatic carboxylic acids is 1. The van der Waals surface area contributed by atoms with Gasteiger partial charge in [0.05, 0.1) is 6.61 Å². The molecule has 1 atom stereocenters. The average molecular weight is 214 g/mol. The molecule has 1 aliphatic rings. The molecule has 0 amide bonds. The van der Waals surface area contributed by atoms with E-state index in [1.807, 2.05) is 0 Å². The van der Waals surface area contributed by atoms with E-state index in [0.29, 0.717) is 0 Å². The van der Waals surface area contributed by atoms with E-state index in [-0.39, 0.29) is 12.5 Å². The van der Waals surface area contributed by atoms with Gasteiger partial charge in [-0.1, -0.05) is 19.3 Å². The highest BCUT2D eigenvalue weighted by atomic mass is 16.5. The third-order valence-electron chi connectivity index (χ3n) is 2.93. The Morgan fingerprint density at radius 1 is 1.33 bits per heavy atom. The van der Waals surface area contributed by atoms with Gasteiger partial charge in [-0.3, -0.25) is 9.59 Å². The molecule has 0 spiro atoms. The molecular weight excluding hydrogens is 196 g/mol. The van der Waals surface area contributed by atoms with Gasteiger partial charge in [0.2, 0.25) is 0 Å². The van der Waals surface area contributed by atoms with Gasteiger partial charge in [0, 0.05) is 0 Å². The summed E-state index contributed by atoms with van der Waals surface area (Å²) >= 11 is 0. The van der Waals surface area contributed by atoms with E-state index in [9.17, 15) is 9.59 Å². The van der Waals surface area contributed by atoms with Gasteiger partial charge in [-0.2, -0.15) is 0 Å². The van der Waals surface area contributed by atoms with E-state index in [1.54, 1.807) is 6.92 Å². The van der Waals surface area contributed by atoms with Crippen LogP contribution in [-0.4, -0.2) is 23.7 Å². The van der Waals surface area contributed by atoms with Crippen molar-refractivity contribution < 1.29 is 19.4 Å². The molecule has 15 heavy (non-hydrogen) atoms. The van der Waals surface area contributed by atoms with Crippen LogP contribution in [0.1, 0.15) is 39.0 Å². The minimum atomic E-state index is -1.04. The van der Waals surface area contributed by atoms with Crippen LogP contribution in [0.4, 0.5) is 0 Å². The van der Waals surface area contributed by atoms with Crippen molar-refractivity contribution in [2.45, 2.75) is 39.0 Å². The summed E-state index contributed by atoms with van der Waals surface area (Å²) in [5.74, 6) is -2.60. The molecule has 86 valence electrons. The zero-order valence-corrected chi connectivity index (χ0v) is 9.07. The maximum Gasteiger partial charge on any atom is 0.320 e. The number of hydrogen-bond acceptors (Lipinski definition) is 3. The van der Waals surface area contributed by atoms with Crippen LogP contribution in [0.3, 0.4) is 0 Å². The highest BCUT2D eigenvalue weighted by molar-refractivity contribution is 5.94. The zero-order chi connectivity index (χ0) is 11.3. The first kappa shape index (κ1) is 12.0. The van der Waals surface area contributed by atoms with Crippen LogP contribution >= 0.6 is 0 Å². The summed E-state index contributed by atoms with van der Waals surface area (Å²) in [7, 11) is 0. The van der Waals surface area contributed by atoms with Gasteiger partial charge in [0.1, 0.15) is 0 Å². The fourth-order valence-electron chi connectivity index (χ4n) is 2.19. The lowest BCUT2D eigenvalue weighted by molar-refractivity contribution is -0.161. The molecule has 0 radical (unpaired) electrons. The second kappa shape index (κ2) is 5.73. The minimum Gasteiger partial charge on any atom is -0.481 e. The van der Waals surface area contributed by atoms with Gasteiger partial charge >= 0.3 is 11.9 Å². The maximum absolute atomic E-state index is 11.5. The molecule has 1 aliphatic carbocycles. The van der Waals surface area contributed by atoms with Crippen molar-refractivity contribution in [2.75, 3.05) is 6.61 Å². The Morgan fingerprint density at radius 2 is 1.93 bits per heavy atom. The van der Waals surface area contributed by atoms with E-state index in [1.165, 1.54) is 0 Å². The first-order valence-electron chi connectivity index (χ1n) is 5.56. The highest BCUT2D eigenvalue weighted by Gasteiger charge is 2.36. The number of carboxylic acids is 1. The third-order valence-corrected chi connectivity index (χ3v) is 2.93. The maximum atomic E-state index is 11.5. The molecule has 4 heteroatoms. The summed E-state index contributed by atoms with van der Waals surface area (Å²) < 4.78 is 4.80. The summed E-state index contributed by atoms with van der Waals surface area (Å²) in [5.41, 5.74) is 0. The normalized spacial score (nSPS) is 19.5. The van der Waals surface area contributed by atoms with Crippen LogP contribution < -0.4 is 0 Å². The van der Waals surface area contributed by atoms with Crippen molar-refractivity contribution in [3.63, 3.8) is 0 Å². The zero-order valence-electron chi connectivity index (χ0n) is 9.07. The fraction of sp³-hybridized carbons (Fsp3) is 0.818. The van der Waals surface area contributed by atoms with E-state index < -0.39 is 17.9 Å². The quantitative estimate of drug-likeness (QED) is 0.572. The van der Waals surface area contributed by atoms with Crippen LogP contribution in [0, 0.1) is 11.8 Å². The molecule has 0 aromatic carbocycles. The fourth-order valence-corrected chi connectivity index (χ4v) is 2.19. The number of ether oxygens (including phenoxy) is 1. The van der Waals surface area contributed by atoms with Crippen LogP contribution in [0.2, 0.25) is 0 Å². The number of esters is 1. The lowest BCUT2D eigenvalue weighted by Crippen LogP contribution is -2.34. The number of carbonyl (C=O) groups is 2. The van der Waals surface area contributed by atoms with E-state index in [2.05, 4.69) is 0 Å². The Kier molecular flexibility index (Phi) is 4.59. The number of hydrogen-bond donors (Lipinski definition) is 1. The Hall–Kier alpha value is -1.06. The Morgan fingerprint density at radius 3 is 2.40 bits per heavy atom. The standard InChI is InChI=1S/C11H18O4/c1-2-15-11(14)9(10(12)13)8-6-4-3-5-7-8/h8-9H,2-7H2,1H3,(H,12,13). The Balaban J connectivity index is 2.63. The van der Waals surface area contributed by atoms with Gasteiger partial charge in [-0.05, 0) is 25.7 Å². The Bertz CT molecular complexity index is 231. The molecule has 0 saturated heterocycles. The second-order valence-corrected chi connectivity index (χ2v) is 3.97. The van der Waals surface area contributed by atoms with Crippen LogP contribution in [0.5, 0.6) is 0 Å². The van der Waals surface area contributed by atoms with Crippen molar-refractivity contribution in [3.05, 3.63) is 0 Å². The first-order valence-corrected chi connectivity index (χ1v) is 5.56. The smallest absolute Gasteiger partial charge is 0.320 e. The molecule has 0 aliphatic heterocycles. The lowest BCUT2D eigenvalue weighted by Gasteiger charge is -2.25. The van der Waals surface area contributed by atoms with Crippen molar-refractivity contribution in [1.82, 2.24) is 0 Å². The minimum absolute atomic E-state index is 0.0321. The molecule has 0 bridgehead atoms. The molecule has 0 aromatic rings. The van der Waals surface area contributed by atoms with E-state index >= 15 is 0 Å². The van der Waals surface area contributed by atoms with E-state index in [0.717, 1.165) is 32.1 Å². The monoisotopic (exact) mass is 214 g/mol.